The summed E-state index contributed by atoms with van der Waals surface area (Å²) in [6.07, 6.45) is -4.61. The summed E-state index contributed by atoms with van der Waals surface area (Å²) in [5, 5.41) is 7.99. The molecule has 0 amide bonds. The Morgan fingerprint density at radius 1 is 0.969 bits per heavy atom. The molecule has 0 saturated heterocycles. The number of hydrogen-bond acceptors (Lipinski definition) is 4. The zero-order chi connectivity index (χ0) is 22.9. The second kappa shape index (κ2) is 8.63. The molecule has 1 N–H and O–H groups in total. The maximum absolute atomic E-state index is 13.5. The van der Waals surface area contributed by atoms with Crippen LogP contribution < -0.4 is 5.32 Å². The summed E-state index contributed by atoms with van der Waals surface area (Å²) >= 11 is 5.89. The molecule has 2 aromatic carbocycles. The van der Waals surface area contributed by atoms with E-state index in [1.54, 1.807) is 28.9 Å². The van der Waals surface area contributed by atoms with Crippen LogP contribution in [-0.2, 0) is 12.7 Å². The minimum Gasteiger partial charge on any atom is -0.350 e. The van der Waals surface area contributed by atoms with Gasteiger partial charge in [-0.3, -0.25) is 0 Å². The first kappa shape index (κ1) is 21.8. The van der Waals surface area contributed by atoms with E-state index in [1.165, 1.54) is 0 Å². The average Bonchev–Trinajstić information content (AvgIpc) is 3.06. The van der Waals surface area contributed by atoms with Gasteiger partial charge in [-0.25, -0.2) is 14.6 Å². The van der Waals surface area contributed by atoms with Crippen molar-refractivity contribution in [3.05, 3.63) is 88.3 Å². The van der Waals surface area contributed by atoms with Crippen LogP contribution >= 0.6 is 11.6 Å². The first-order valence-electron chi connectivity index (χ1n) is 9.79. The monoisotopic (exact) mass is 457 g/mol. The number of anilines is 1. The Bertz CT molecular complexity index is 1240. The van der Waals surface area contributed by atoms with Crippen LogP contribution in [0.4, 0.5) is 19.1 Å². The molecule has 0 unspecified atom stereocenters. The molecule has 0 bridgehead atoms. The van der Waals surface area contributed by atoms with Crippen molar-refractivity contribution < 1.29 is 13.2 Å². The fraction of sp³-hybridized carbons (Fsp3) is 0.174. The Hall–Kier alpha value is -3.39. The second-order valence-corrected chi connectivity index (χ2v) is 7.65. The molecule has 0 fully saturated rings. The molecule has 0 aliphatic heterocycles. The molecule has 2 aromatic heterocycles. The summed E-state index contributed by atoms with van der Waals surface area (Å²) in [4.78, 5) is 7.98. The highest BCUT2D eigenvalue weighted by Crippen LogP contribution is 2.31. The van der Waals surface area contributed by atoms with Gasteiger partial charge < -0.3 is 5.32 Å². The van der Waals surface area contributed by atoms with E-state index in [4.69, 9.17) is 11.6 Å². The van der Waals surface area contributed by atoms with Crippen LogP contribution in [0.3, 0.4) is 0 Å². The van der Waals surface area contributed by atoms with Gasteiger partial charge in [-0.2, -0.15) is 18.3 Å². The fourth-order valence-electron chi connectivity index (χ4n) is 3.36. The zero-order valence-corrected chi connectivity index (χ0v) is 18.0. The standard InChI is InChI=1S/C23H19ClF3N5/c1-14-19(15(2)32(31-14)18-6-4-3-5-7-18)13-28-22-29-20(12-21(30-22)23(25,26)27)16-8-10-17(24)11-9-16/h3-12H,13H2,1-2H3,(H,28,29,30). The predicted molar refractivity (Wildman–Crippen MR) is 118 cm³/mol. The van der Waals surface area contributed by atoms with Crippen molar-refractivity contribution in [1.29, 1.82) is 0 Å². The van der Waals surface area contributed by atoms with Gasteiger partial charge in [0.25, 0.3) is 0 Å². The number of aryl methyl sites for hydroxylation is 1. The third-order valence-corrected chi connectivity index (χ3v) is 5.27. The third-order valence-electron chi connectivity index (χ3n) is 5.02. The van der Waals surface area contributed by atoms with Gasteiger partial charge in [0.15, 0.2) is 5.69 Å². The van der Waals surface area contributed by atoms with Gasteiger partial charge in [-0.05, 0) is 44.2 Å². The van der Waals surface area contributed by atoms with Crippen LogP contribution in [0.25, 0.3) is 16.9 Å². The Kier molecular flexibility index (Phi) is 5.88. The number of alkyl halides is 3. The van der Waals surface area contributed by atoms with Crippen molar-refractivity contribution in [3.63, 3.8) is 0 Å². The summed E-state index contributed by atoms with van der Waals surface area (Å²) in [6.45, 7) is 4.00. The van der Waals surface area contributed by atoms with E-state index in [1.807, 2.05) is 44.2 Å². The van der Waals surface area contributed by atoms with E-state index in [0.717, 1.165) is 28.7 Å². The Morgan fingerprint density at radius 3 is 2.31 bits per heavy atom. The molecule has 0 spiro atoms. The van der Waals surface area contributed by atoms with Crippen LogP contribution in [0.2, 0.25) is 5.02 Å². The third kappa shape index (κ3) is 4.60. The summed E-state index contributed by atoms with van der Waals surface area (Å²) in [6, 6.07) is 17.0. The van der Waals surface area contributed by atoms with E-state index >= 15 is 0 Å². The molecule has 2 heterocycles. The summed E-state index contributed by atoms with van der Waals surface area (Å²) in [7, 11) is 0. The molecule has 32 heavy (non-hydrogen) atoms. The zero-order valence-electron chi connectivity index (χ0n) is 17.3. The largest absolute Gasteiger partial charge is 0.433 e. The molecular formula is C23H19ClF3N5. The van der Waals surface area contributed by atoms with E-state index in [-0.39, 0.29) is 18.2 Å². The van der Waals surface area contributed by atoms with Gasteiger partial charge in [0.05, 0.1) is 17.1 Å². The molecule has 0 radical (unpaired) electrons. The van der Waals surface area contributed by atoms with Crippen LogP contribution in [0.1, 0.15) is 22.6 Å². The smallest absolute Gasteiger partial charge is 0.350 e. The number of hydrogen-bond donors (Lipinski definition) is 1. The van der Waals surface area contributed by atoms with E-state index < -0.39 is 11.9 Å². The molecule has 4 rings (SSSR count). The normalized spacial score (nSPS) is 11.6. The molecule has 0 saturated carbocycles. The summed E-state index contributed by atoms with van der Waals surface area (Å²) in [5.74, 6) is -0.115. The molecule has 5 nitrogen and oxygen atoms in total. The predicted octanol–water partition coefficient (Wildman–Crippen LogP) is 6.23. The van der Waals surface area contributed by atoms with E-state index in [2.05, 4.69) is 20.4 Å². The Morgan fingerprint density at radius 2 is 1.66 bits per heavy atom. The lowest BCUT2D eigenvalue weighted by Gasteiger charge is -2.12. The van der Waals surface area contributed by atoms with Gasteiger partial charge >= 0.3 is 6.18 Å². The number of aromatic nitrogens is 4. The molecule has 0 aliphatic carbocycles. The highest BCUT2D eigenvalue weighted by atomic mass is 35.5. The quantitative estimate of drug-likeness (QED) is 0.386. The van der Waals surface area contributed by atoms with Crippen LogP contribution in [0.15, 0.2) is 60.7 Å². The van der Waals surface area contributed by atoms with Crippen LogP contribution in [0, 0.1) is 13.8 Å². The first-order chi connectivity index (χ1) is 15.2. The molecule has 0 atom stereocenters. The first-order valence-corrected chi connectivity index (χ1v) is 10.2. The number of halogens is 4. The summed E-state index contributed by atoms with van der Waals surface area (Å²) in [5.41, 5.74) is 3.06. The number of nitrogens with one attached hydrogen (secondary N) is 1. The number of nitrogens with zero attached hydrogens (tertiary/aromatic N) is 4. The topological polar surface area (TPSA) is 55.6 Å². The van der Waals surface area contributed by atoms with Crippen molar-refractivity contribution in [1.82, 2.24) is 19.7 Å². The lowest BCUT2D eigenvalue weighted by molar-refractivity contribution is -0.141. The van der Waals surface area contributed by atoms with Crippen molar-refractivity contribution in [2.45, 2.75) is 26.6 Å². The fourth-order valence-corrected chi connectivity index (χ4v) is 3.48. The molecule has 164 valence electrons. The Labute approximate surface area is 187 Å². The number of benzene rings is 2. The van der Waals surface area contributed by atoms with Crippen LogP contribution in [0.5, 0.6) is 0 Å². The van der Waals surface area contributed by atoms with Gasteiger partial charge in [0.1, 0.15) is 0 Å². The maximum Gasteiger partial charge on any atom is 0.433 e. The lowest BCUT2D eigenvalue weighted by atomic mass is 10.1. The molecular weight excluding hydrogens is 439 g/mol. The minimum atomic E-state index is -4.61. The highest BCUT2D eigenvalue weighted by Gasteiger charge is 2.34. The maximum atomic E-state index is 13.5. The van der Waals surface area contributed by atoms with E-state index in [0.29, 0.717) is 10.6 Å². The summed E-state index contributed by atoms with van der Waals surface area (Å²) < 4.78 is 42.2. The van der Waals surface area contributed by atoms with Gasteiger partial charge in [0, 0.05) is 28.4 Å². The van der Waals surface area contributed by atoms with Crippen molar-refractivity contribution >= 4 is 17.5 Å². The average molecular weight is 458 g/mol. The van der Waals surface area contributed by atoms with Crippen LogP contribution in [-0.4, -0.2) is 19.7 Å². The SMILES string of the molecule is Cc1nn(-c2ccccc2)c(C)c1CNc1nc(-c2ccc(Cl)cc2)cc(C(F)(F)F)n1. The second-order valence-electron chi connectivity index (χ2n) is 7.22. The van der Waals surface area contributed by atoms with E-state index in [9.17, 15) is 13.2 Å². The Balaban J connectivity index is 1.66. The van der Waals surface area contributed by atoms with Gasteiger partial charge in [-0.1, -0.05) is 41.9 Å². The van der Waals surface area contributed by atoms with Crippen molar-refractivity contribution in [2.24, 2.45) is 0 Å². The van der Waals surface area contributed by atoms with Gasteiger partial charge in [0.2, 0.25) is 5.95 Å². The molecule has 4 aromatic rings. The highest BCUT2D eigenvalue weighted by molar-refractivity contribution is 6.30. The van der Waals surface area contributed by atoms with Crippen molar-refractivity contribution in [2.75, 3.05) is 5.32 Å². The lowest BCUT2D eigenvalue weighted by Crippen LogP contribution is -2.13. The number of rotatable bonds is 5. The van der Waals surface area contributed by atoms with Gasteiger partial charge in [-0.15, -0.1) is 0 Å². The van der Waals surface area contributed by atoms with Crippen molar-refractivity contribution in [3.8, 4) is 16.9 Å². The number of para-hydroxylation sites is 1. The minimum absolute atomic E-state index is 0.115. The molecule has 9 heteroatoms. The molecule has 0 aliphatic rings.